The van der Waals surface area contributed by atoms with Crippen LogP contribution in [-0.2, 0) is 12.8 Å². The SMILES string of the molecule is CCN(CC)c1nc(SC)nc2c1sc1nc(-c3ccccc3)c3c(c12)CCC3. The van der Waals surface area contributed by atoms with Gasteiger partial charge in [0.1, 0.15) is 4.83 Å². The van der Waals surface area contributed by atoms with Crippen molar-refractivity contribution in [1.29, 1.82) is 0 Å². The molecule has 4 nitrogen and oxygen atoms in total. The van der Waals surface area contributed by atoms with Crippen molar-refractivity contribution in [1.82, 2.24) is 15.0 Å². The lowest BCUT2D eigenvalue weighted by atomic mass is 10.0. The predicted octanol–water partition coefficient (Wildman–Crippen LogP) is 5.96. The zero-order valence-corrected chi connectivity index (χ0v) is 18.7. The van der Waals surface area contributed by atoms with Crippen LogP contribution in [-0.4, -0.2) is 34.3 Å². The maximum atomic E-state index is 5.19. The van der Waals surface area contributed by atoms with Gasteiger partial charge < -0.3 is 4.90 Å². The van der Waals surface area contributed by atoms with Crippen molar-refractivity contribution >= 4 is 49.3 Å². The lowest BCUT2D eigenvalue weighted by Gasteiger charge is -2.20. The predicted molar refractivity (Wildman–Crippen MR) is 126 cm³/mol. The first-order chi connectivity index (χ1) is 14.2. The number of thiophene rings is 1. The van der Waals surface area contributed by atoms with Gasteiger partial charge in [0.2, 0.25) is 0 Å². The summed E-state index contributed by atoms with van der Waals surface area (Å²) in [5.41, 5.74) is 6.33. The van der Waals surface area contributed by atoms with Crippen LogP contribution in [0.15, 0.2) is 35.5 Å². The highest BCUT2D eigenvalue weighted by Crippen LogP contribution is 2.44. The lowest BCUT2D eigenvalue weighted by molar-refractivity contribution is 0.832. The number of hydrogen-bond donors (Lipinski definition) is 0. The van der Waals surface area contributed by atoms with Crippen LogP contribution in [0.3, 0.4) is 0 Å². The number of thioether (sulfide) groups is 1. The van der Waals surface area contributed by atoms with E-state index in [1.165, 1.54) is 33.2 Å². The highest BCUT2D eigenvalue weighted by atomic mass is 32.2. The molecule has 1 aliphatic carbocycles. The Morgan fingerprint density at radius 3 is 2.48 bits per heavy atom. The van der Waals surface area contributed by atoms with Gasteiger partial charge in [-0.25, -0.2) is 15.0 Å². The van der Waals surface area contributed by atoms with Crippen molar-refractivity contribution < 1.29 is 0 Å². The van der Waals surface area contributed by atoms with Crippen molar-refractivity contribution in [3.63, 3.8) is 0 Å². The van der Waals surface area contributed by atoms with Gasteiger partial charge in [-0.05, 0) is 50.5 Å². The molecule has 0 amide bonds. The second kappa shape index (κ2) is 7.58. The summed E-state index contributed by atoms with van der Waals surface area (Å²) in [6.07, 6.45) is 5.46. The minimum absolute atomic E-state index is 0.845. The van der Waals surface area contributed by atoms with Crippen molar-refractivity contribution in [2.24, 2.45) is 0 Å². The molecular formula is C23H24N4S2. The van der Waals surface area contributed by atoms with Gasteiger partial charge in [-0.15, -0.1) is 11.3 Å². The maximum Gasteiger partial charge on any atom is 0.189 e. The van der Waals surface area contributed by atoms with E-state index in [1.807, 2.05) is 0 Å². The van der Waals surface area contributed by atoms with Gasteiger partial charge in [-0.2, -0.15) is 0 Å². The Morgan fingerprint density at radius 2 is 1.76 bits per heavy atom. The molecule has 6 heteroatoms. The Labute approximate surface area is 179 Å². The van der Waals surface area contributed by atoms with E-state index in [0.29, 0.717) is 0 Å². The summed E-state index contributed by atoms with van der Waals surface area (Å²) in [5, 5.41) is 2.11. The number of anilines is 1. The van der Waals surface area contributed by atoms with Crippen LogP contribution >= 0.6 is 23.1 Å². The average Bonchev–Trinajstić information content (AvgIpc) is 3.38. The topological polar surface area (TPSA) is 41.9 Å². The van der Waals surface area contributed by atoms with E-state index >= 15 is 0 Å². The molecule has 0 saturated heterocycles. The van der Waals surface area contributed by atoms with Gasteiger partial charge in [0, 0.05) is 24.0 Å². The molecule has 0 saturated carbocycles. The Kier molecular flexibility index (Phi) is 4.92. The number of nitrogens with zero attached hydrogens (tertiary/aromatic N) is 4. The third-order valence-electron chi connectivity index (χ3n) is 5.79. The van der Waals surface area contributed by atoms with E-state index in [1.54, 1.807) is 23.1 Å². The molecule has 0 spiro atoms. The van der Waals surface area contributed by atoms with Crippen LogP contribution in [0.5, 0.6) is 0 Å². The molecule has 4 aromatic rings. The number of aromatic nitrogens is 3. The molecule has 148 valence electrons. The zero-order valence-electron chi connectivity index (χ0n) is 17.0. The molecule has 3 heterocycles. The Morgan fingerprint density at radius 1 is 1.00 bits per heavy atom. The van der Waals surface area contributed by atoms with Crippen LogP contribution in [0.2, 0.25) is 0 Å². The normalized spacial score (nSPS) is 13.3. The van der Waals surface area contributed by atoms with E-state index < -0.39 is 0 Å². The molecule has 1 aromatic carbocycles. The largest absolute Gasteiger partial charge is 0.356 e. The minimum Gasteiger partial charge on any atom is -0.356 e. The number of hydrogen-bond acceptors (Lipinski definition) is 6. The van der Waals surface area contributed by atoms with Gasteiger partial charge in [0.05, 0.1) is 15.9 Å². The van der Waals surface area contributed by atoms with Crippen LogP contribution in [0.1, 0.15) is 31.4 Å². The molecule has 0 radical (unpaired) electrons. The first kappa shape index (κ1) is 18.8. The number of benzene rings is 1. The molecule has 3 aromatic heterocycles. The van der Waals surface area contributed by atoms with Crippen molar-refractivity contribution in [3.8, 4) is 11.3 Å². The molecule has 0 atom stereocenters. The highest BCUT2D eigenvalue weighted by Gasteiger charge is 2.26. The Balaban J connectivity index is 1.86. The first-order valence-corrected chi connectivity index (χ1v) is 12.3. The molecule has 0 N–H and O–H groups in total. The first-order valence-electron chi connectivity index (χ1n) is 10.3. The summed E-state index contributed by atoms with van der Waals surface area (Å²) >= 11 is 3.37. The van der Waals surface area contributed by atoms with Crippen LogP contribution in [0.25, 0.3) is 31.7 Å². The van der Waals surface area contributed by atoms with E-state index in [2.05, 4.69) is 55.3 Å². The summed E-state index contributed by atoms with van der Waals surface area (Å²) in [6, 6.07) is 10.6. The number of pyridine rings is 1. The summed E-state index contributed by atoms with van der Waals surface area (Å²) in [6.45, 7) is 6.25. The highest BCUT2D eigenvalue weighted by molar-refractivity contribution is 7.98. The molecule has 29 heavy (non-hydrogen) atoms. The minimum atomic E-state index is 0.845. The van der Waals surface area contributed by atoms with Gasteiger partial charge in [-0.3, -0.25) is 0 Å². The maximum absolute atomic E-state index is 5.19. The molecule has 0 aliphatic heterocycles. The summed E-state index contributed by atoms with van der Waals surface area (Å²) in [4.78, 5) is 18.5. The fourth-order valence-corrected chi connectivity index (χ4v) is 5.92. The van der Waals surface area contributed by atoms with Crippen molar-refractivity contribution in [2.75, 3.05) is 24.2 Å². The number of fused-ring (bicyclic) bond motifs is 5. The smallest absolute Gasteiger partial charge is 0.189 e. The number of aryl methyl sites for hydroxylation is 1. The second-order valence-electron chi connectivity index (χ2n) is 7.30. The summed E-state index contributed by atoms with van der Waals surface area (Å²) in [5.74, 6) is 1.06. The molecular weight excluding hydrogens is 396 g/mol. The molecule has 0 fully saturated rings. The van der Waals surface area contributed by atoms with E-state index in [9.17, 15) is 0 Å². The third kappa shape index (κ3) is 3.01. The quantitative estimate of drug-likeness (QED) is 0.294. The van der Waals surface area contributed by atoms with Gasteiger partial charge in [-0.1, -0.05) is 42.1 Å². The van der Waals surface area contributed by atoms with Crippen molar-refractivity contribution in [3.05, 3.63) is 41.5 Å². The van der Waals surface area contributed by atoms with E-state index in [-0.39, 0.29) is 0 Å². The second-order valence-corrected chi connectivity index (χ2v) is 9.08. The van der Waals surface area contributed by atoms with Crippen molar-refractivity contribution in [2.45, 2.75) is 38.3 Å². The summed E-state index contributed by atoms with van der Waals surface area (Å²) < 4.78 is 1.17. The Bertz CT molecular complexity index is 1200. The fraction of sp³-hybridized carbons (Fsp3) is 0.348. The molecule has 5 rings (SSSR count). The lowest BCUT2D eigenvalue weighted by Crippen LogP contribution is -2.23. The monoisotopic (exact) mass is 420 g/mol. The van der Waals surface area contributed by atoms with Gasteiger partial charge in [0.25, 0.3) is 0 Å². The molecule has 1 aliphatic rings. The summed E-state index contributed by atoms with van der Waals surface area (Å²) in [7, 11) is 0. The van der Waals surface area contributed by atoms with Crippen LogP contribution < -0.4 is 4.90 Å². The molecule has 0 unspecified atom stereocenters. The fourth-order valence-electron chi connectivity index (χ4n) is 4.40. The average molecular weight is 421 g/mol. The van der Waals surface area contributed by atoms with E-state index in [4.69, 9.17) is 15.0 Å². The van der Waals surface area contributed by atoms with Crippen LogP contribution in [0, 0.1) is 0 Å². The zero-order chi connectivity index (χ0) is 20.0. The van der Waals surface area contributed by atoms with Gasteiger partial charge in [0.15, 0.2) is 11.0 Å². The van der Waals surface area contributed by atoms with Gasteiger partial charge >= 0.3 is 0 Å². The third-order valence-corrected chi connectivity index (χ3v) is 7.40. The standard InChI is InChI=1S/C23H24N4S2/c1-4-27(5-2)21-20-19(25-23(26-21)28-3)17-15-12-9-13-16(15)18(24-22(17)29-20)14-10-7-6-8-11-14/h6-8,10-11H,4-5,9,12-13H2,1-3H3. The number of rotatable bonds is 5. The molecule has 0 bridgehead atoms. The Hall–Kier alpha value is -2.18. The van der Waals surface area contributed by atoms with Crippen LogP contribution in [0.4, 0.5) is 5.82 Å². The van der Waals surface area contributed by atoms with E-state index in [0.717, 1.165) is 52.9 Å².